The molecule has 0 bridgehead atoms. The highest BCUT2D eigenvalue weighted by atomic mass is 16.5. The third-order valence-corrected chi connectivity index (χ3v) is 6.44. The summed E-state index contributed by atoms with van der Waals surface area (Å²) in [6.07, 6.45) is 9.41. The molecule has 0 unspecified atom stereocenters. The van der Waals surface area contributed by atoms with Gasteiger partial charge in [-0.1, -0.05) is 13.0 Å². The zero-order valence-electron chi connectivity index (χ0n) is 21.4. The molecule has 194 valence electrons. The van der Waals surface area contributed by atoms with E-state index in [9.17, 15) is 14.9 Å². The molecule has 0 radical (unpaired) electrons. The zero-order valence-corrected chi connectivity index (χ0v) is 21.4. The van der Waals surface area contributed by atoms with Crippen LogP contribution in [0.5, 0.6) is 0 Å². The molecule has 0 aromatic carbocycles. The van der Waals surface area contributed by atoms with Gasteiger partial charge in [-0.15, -0.1) is 0 Å². The second-order valence-corrected chi connectivity index (χ2v) is 9.08. The number of aromatic nitrogens is 2. The number of nitriles is 1. The second-order valence-electron chi connectivity index (χ2n) is 9.08. The average Bonchev–Trinajstić information content (AvgIpc) is 3.31. The lowest BCUT2D eigenvalue weighted by atomic mass is 10.0. The number of ether oxygens (including phenoxy) is 1. The molecule has 2 aromatic rings. The topological polar surface area (TPSA) is 123 Å². The predicted octanol–water partition coefficient (Wildman–Crippen LogP) is 3.94. The quantitative estimate of drug-likeness (QED) is 0.497. The molecular formula is C27H33N7O3. The van der Waals surface area contributed by atoms with Gasteiger partial charge in [-0.05, 0) is 49.0 Å². The van der Waals surface area contributed by atoms with Gasteiger partial charge in [0.1, 0.15) is 17.7 Å². The van der Waals surface area contributed by atoms with Crippen molar-refractivity contribution in [3.63, 3.8) is 0 Å². The number of pyridine rings is 2. The first-order chi connectivity index (χ1) is 18.0. The molecule has 1 saturated heterocycles. The number of allylic oxidation sites excluding steroid dienone is 1. The van der Waals surface area contributed by atoms with Crippen LogP contribution in [0.25, 0.3) is 6.08 Å². The molecule has 2 N–H and O–H groups in total. The van der Waals surface area contributed by atoms with E-state index in [1.807, 2.05) is 17.1 Å². The number of nitrogens with one attached hydrogen (secondary N) is 2. The SMILES string of the molecule is CC/C=C/c1nc2c(cc1CN1CCCC1=O)CCCN2C(=O)Nc1cc(NCCOC)c(C#N)cn1. The third kappa shape index (κ3) is 6.24. The number of carbonyl (C=O) groups excluding carboxylic acids is 2. The van der Waals surface area contributed by atoms with Crippen LogP contribution in [0, 0.1) is 11.3 Å². The Labute approximate surface area is 217 Å². The van der Waals surface area contributed by atoms with Crippen LogP contribution in [0.2, 0.25) is 0 Å². The van der Waals surface area contributed by atoms with Crippen molar-refractivity contribution in [1.82, 2.24) is 14.9 Å². The molecule has 10 nitrogen and oxygen atoms in total. The molecule has 10 heteroatoms. The summed E-state index contributed by atoms with van der Waals surface area (Å²) in [4.78, 5) is 38.3. The number of urea groups is 1. The molecule has 4 heterocycles. The smallest absolute Gasteiger partial charge is 0.328 e. The fraction of sp³-hybridized carbons (Fsp3) is 0.444. The summed E-state index contributed by atoms with van der Waals surface area (Å²) in [6, 6.07) is 5.52. The fourth-order valence-electron chi connectivity index (χ4n) is 4.56. The molecule has 2 aliphatic rings. The largest absolute Gasteiger partial charge is 0.383 e. The van der Waals surface area contributed by atoms with E-state index in [0.717, 1.165) is 49.0 Å². The predicted molar refractivity (Wildman–Crippen MR) is 142 cm³/mol. The summed E-state index contributed by atoms with van der Waals surface area (Å²) < 4.78 is 5.06. The highest BCUT2D eigenvalue weighted by Crippen LogP contribution is 2.30. The lowest BCUT2D eigenvalue weighted by Gasteiger charge is -2.30. The maximum Gasteiger partial charge on any atom is 0.328 e. The van der Waals surface area contributed by atoms with E-state index in [2.05, 4.69) is 34.7 Å². The third-order valence-electron chi connectivity index (χ3n) is 6.44. The van der Waals surface area contributed by atoms with Crippen LogP contribution in [0.3, 0.4) is 0 Å². The Morgan fingerprint density at radius 3 is 2.84 bits per heavy atom. The van der Waals surface area contributed by atoms with Crippen LogP contribution in [0.4, 0.5) is 22.1 Å². The summed E-state index contributed by atoms with van der Waals surface area (Å²) >= 11 is 0. The van der Waals surface area contributed by atoms with Crippen LogP contribution in [-0.2, 0) is 22.5 Å². The zero-order chi connectivity index (χ0) is 26.2. The van der Waals surface area contributed by atoms with Crippen molar-refractivity contribution < 1.29 is 14.3 Å². The molecule has 1 fully saturated rings. The van der Waals surface area contributed by atoms with Crippen LogP contribution in [0.1, 0.15) is 55.0 Å². The minimum absolute atomic E-state index is 0.176. The minimum Gasteiger partial charge on any atom is -0.383 e. The Morgan fingerprint density at radius 2 is 2.11 bits per heavy atom. The number of likely N-dealkylation sites (tertiary alicyclic amines) is 1. The van der Waals surface area contributed by atoms with Gasteiger partial charge in [-0.2, -0.15) is 5.26 Å². The highest BCUT2D eigenvalue weighted by Gasteiger charge is 2.27. The molecule has 2 aliphatic heterocycles. The Bertz CT molecular complexity index is 1220. The molecule has 0 spiro atoms. The maximum absolute atomic E-state index is 13.3. The summed E-state index contributed by atoms with van der Waals surface area (Å²) in [5, 5.41) is 15.4. The monoisotopic (exact) mass is 503 g/mol. The lowest BCUT2D eigenvalue weighted by Crippen LogP contribution is -2.40. The number of hydrogen-bond acceptors (Lipinski definition) is 7. The number of carbonyl (C=O) groups is 2. The first-order valence-electron chi connectivity index (χ1n) is 12.7. The standard InChI is InChI=1S/C27H33N7O3/c1-3-4-8-22-20(18-33-11-6-9-25(33)35)14-19-7-5-12-34(26(19)31-22)27(36)32-24-15-23(29-10-13-37-2)21(16-28)17-30-24/h4,8,14-15,17H,3,5-7,9-13,18H2,1-2H3,(H2,29,30,32,36)/b8-4+. The summed E-state index contributed by atoms with van der Waals surface area (Å²) in [5.74, 6) is 1.14. The Kier molecular flexibility index (Phi) is 8.69. The minimum atomic E-state index is -0.332. The molecule has 0 atom stereocenters. The van der Waals surface area contributed by atoms with Crippen molar-refractivity contribution >= 4 is 35.3 Å². The van der Waals surface area contributed by atoms with Crippen molar-refractivity contribution in [2.24, 2.45) is 0 Å². The van der Waals surface area contributed by atoms with Crippen molar-refractivity contribution in [2.75, 3.05) is 48.9 Å². The van der Waals surface area contributed by atoms with Gasteiger partial charge >= 0.3 is 6.03 Å². The Morgan fingerprint density at radius 1 is 1.27 bits per heavy atom. The lowest BCUT2D eigenvalue weighted by molar-refractivity contribution is -0.128. The number of rotatable bonds is 9. The number of hydrogen-bond donors (Lipinski definition) is 2. The van der Waals surface area contributed by atoms with E-state index in [0.29, 0.717) is 55.5 Å². The van der Waals surface area contributed by atoms with Gasteiger partial charge in [0.2, 0.25) is 5.91 Å². The van der Waals surface area contributed by atoms with E-state index in [4.69, 9.17) is 9.72 Å². The van der Waals surface area contributed by atoms with E-state index in [-0.39, 0.29) is 11.9 Å². The molecule has 3 amide bonds. The first-order valence-corrected chi connectivity index (χ1v) is 12.7. The Balaban J connectivity index is 1.58. The summed E-state index contributed by atoms with van der Waals surface area (Å²) in [7, 11) is 1.61. The normalized spacial score (nSPS) is 15.1. The van der Waals surface area contributed by atoms with Gasteiger partial charge in [-0.25, -0.2) is 14.8 Å². The maximum atomic E-state index is 13.3. The van der Waals surface area contributed by atoms with Crippen molar-refractivity contribution in [3.8, 4) is 6.07 Å². The van der Waals surface area contributed by atoms with Gasteiger partial charge in [0.05, 0.1) is 23.6 Å². The van der Waals surface area contributed by atoms with Gasteiger partial charge in [0.15, 0.2) is 0 Å². The number of amides is 3. The van der Waals surface area contributed by atoms with Gasteiger partial charge < -0.3 is 15.0 Å². The van der Waals surface area contributed by atoms with Gasteiger partial charge in [0.25, 0.3) is 0 Å². The van der Waals surface area contributed by atoms with Crippen LogP contribution >= 0.6 is 0 Å². The van der Waals surface area contributed by atoms with Crippen LogP contribution in [-0.4, -0.2) is 60.2 Å². The summed E-state index contributed by atoms with van der Waals surface area (Å²) in [5.41, 5.74) is 3.74. The fourth-order valence-corrected chi connectivity index (χ4v) is 4.56. The van der Waals surface area contributed by atoms with E-state index < -0.39 is 0 Å². The highest BCUT2D eigenvalue weighted by molar-refractivity contribution is 6.01. The Hall–Kier alpha value is -3.97. The second kappa shape index (κ2) is 12.3. The van der Waals surface area contributed by atoms with Crippen molar-refractivity contribution in [3.05, 3.63) is 46.8 Å². The van der Waals surface area contributed by atoms with E-state index in [1.165, 1.54) is 6.20 Å². The molecule has 4 rings (SSSR count). The van der Waals surface area contributed by atoms with Crippen LogP contribution in [0.15, 0.2) is 24.4 Å². The van der Waals surface area contributed by atoms with Gasteiger partial charge in [-0.3, -0.25) is 15.0 Å². The molecular weight excluding hydrogens is 470 g/mol. The van der Waals surface area contributed by atoms with Gasteiger partial charge in [0, 0.05) is 52.0 Å². The number of methoxy groups -OCH3 is 1. The summed E-state index contributed by atoms with van der Waals surface area (Å²) in [6.45, 7) is 4.88. The number of fused-ring (bicyclic) bond motifs is 1. The van der Waals surface area contributed by atoms with E-state index >= 15 is 0 Å². The first kappa shape index (κ1) is 26.1. The number of nitrogens with zero attached hydrogens (tertiary/aromatic N) is 5. The number of aryl methyl sites for hydroxylation is 1. The van der Waals surface area contributed by atoms with Crippen molar-refractivity contribution in [1.29, 1.82) is 5.26 Å². The molecule has 37 heavy (non-hydrogen) atoms. The molecule has 0 aliphatic carbocycles. The average molecular weight is 504 g/mol. The number of anilines is 3. The molecule has 2 aromatic heterocycles. The van der Waals surface area contributed by atoms with Crippen molar-refractivity contribution in [2.45, 2.75) is 45.6 Å². The van der Waals surface area contributed by atoms with Crippen LogP contribution < -0.4 is 15.5 Å². The van der Waals surface area contributed by atoms with E-state index in [1.54, 1.807) is 18.1 Å². The molecule has 0 saturated carbocycles.